The molecule has 5 N–H and O–H groups in total. The molecule has 1 spiro atoms. The molecule has 3 saturated heterocycles. The second kappa shape index (κ2) is 14.8. The molecule has 18 atom stereocenters. The Kier molecular flexibility index (Phi) is 11.2. The average molecular weight is 793 g/mol. The molecule has 7 rings (SSSR count). The van der Waals surface area contributed by atoms with Gasteiger partial charge in [-0.15, -0.1) is 0 Å². The number of esters is 2. The fourth-order valence-electron chi connectivity index (χ4n) is 13.5. The van der Waals surface area contributed by atoms with Gasteiger partial charge in [0.1, 0.15) is 48.3 Å². The predicted molar refractivity (Wildman–Crippen MR) is 201 cm³/mol. The van der Waals surface area contributed by atoms with Crippen molar-refractivity contribution in [1.29, 1.82) is 0 Å². The molecule has 4 aliphatic carbocycles. The number of carbonyl (C=O) groups is 2. The molecule has 13 heteroatoms. The van der Waals surface area contributed by atoms with Gasteiger partial charge in [-0.2, -0.15) is 0 Å². The summed E-state index contributed by atoms with van der Waals surface area (Å²) in [7, 11) is 0. The lowest BCUT2D eigenvalue weighted by molar-refractivity contribution is -0.360. The highest BCUT2D eigenvalue weighted by atomic mass is 16.8. The maximum Gasteiger partial charge on any atom is 0.313 e. The van der Waals surface area contributed by atoms with E-state index in [1.54, 1.807) is 6.92 Å². The number of hydrogen-bond donors (Lipinski definition) is 5. The largest absolute Gasteiger partial charge is 0.462 e. The van der Waals surface area contributed by atoms with Crippen molar-refractivity contribution in [3.63, 3.8) is 0 Å². The topological polar surface area (TPSA) is 191 Å². The molecule has 13 nitrogen and oxygen atoms in total. The van der Waals surface area contributed by atoms with Crippen molar-refractivity contribution in [2.75, 3.05) is 6.61 Å². The third-order valence-electron chi connectivity index (χ3n) is 15.9. The molecular formula is C43H68O13. The molecule has 18 unspecified atom stereocenters. The summed E-state index contributed by atoms with van der Waals surface area (Å²) >= 11 is 0. The van der Waals surface area contributed by atoms with Crippen molar-refractivity contribution >= 4 is 11.9 Å². The standard InChI is InChI=1S/C43H68O13/c1-21(2)16-24(53-23(4)44)19-42(9)30-13-14-41(8)27-10-11-29-39(5,6)17-25(18-40(29,7)26(27)12-15-43(30,41)38(50)56-42)54-37-35(32(47)28(45)20-51-37)55-36-34(49)33(48)31(46)22(3)52-36/h10,21-22,24-26,28-37,45-49H,11-20H2,1-9H3. The molecule has 56 heavy (non-hydrogen) atoms. The number of allylic oxidation sites excluding steroid dienone is 2. The lowest BCUT2D eigenvalue weighted by Gasteiger charge is -2.63. The molecule has 6 fully saturated rings. The van der Waals surface area contributed by atoms with E-state index in [1.807, 2.05) is 0 Å². The number of hydrogen-bond acceptors (Lipinski definition) is 13. The summed E-state index contributed by atoms with van der Waals surface area (Å²) in [6.45, 7) is 18.3. The molecule has 0 aromatic rings. The summed E-state index contributed by atoms with van der Waals surface area (Å²) in [6.07, 6.45) is -3.20. The lowest BCUT2D eigenvalue weighted by Crippen LogP contribution is -2.63. The highest BCUT2D eigenvalue weighted by Gasteiger charge is 2.76. The van der Waals surface area contributed by atoms with Crippen LogP contribution in [-0.2, 0) is 38.0 Å². The van der Waals surface area contributed by atoms with E-state index in [4.69, 9.17) is 28.4 Å². The van der Waals surface area contributed by atoms with Crippen LogP contribution in [-0.4, -0.2) is 117 Å². The Bertz CT molecular complexity index is 1530. The summed E-state index contributed by atoms with van der Waals surface area (Å²) in [6, 6.07) is 0. The van der Waals surface area contributed by atoms with Gasteiger partial charge in [0, 0.05) is 24.7 Å². The van der Waals surface area contributed by atoms with Crippen LogP contribution in [0.25, 0.3) is 0 Å². The molecule has 0 aromatic carbocycles. The highest BCUT2D eigenvalue weighted by Crippen LogP contribution is 2.76. The van der Waals surface area contributed by atoms with Crippen LogP contribution in [0.5, 0.6) is 0 Å². The number of carbonyl (C=O) groups excluding carboxylic acids is 2. The summed E-state index contributed by atoms with van der Waals surface area (Å²) in [5.74, 6) is 0.428. The summed E-state index contributed by atoms with van der Waals surface area (Å²) < 4.78 is 36.8. The van der Waals surface area contributed by atoms with Gasteiger partial charge in [0.2, 0.25) is 0 Å². The number of cyclic esters (lactones) is 1. The first-order chi connectivity index (χ1) is 26.1. The normalized spacial score (nSPS) is 50.2. The Hall–Kier alpha value is -1.68. The lowest BCUT2D eigenvalue weighted by atomic mass is 9.41. The maximum absolute atomic E-state index is 14.5. The van der Waals surface area contributed by atoms with E-state index in [2.05, 4.69) is 54.5 Å². The van der Waals surface area contributed by atoms with Crippen molar-refractivity contribution in [3.8, 4) is 0 Å². The fraction of sp³-hybridized carbons (Fsp3) is 0.907. The van der Waals surface area contributed by atoms with E-state index in [-0.39, 0.29) is 53.4 Å². The van der Waals surface area contributed by atoms with Crippen molar-refractivity contribution in [2.45, 2.75) is 193 Å². The van der Waals surface area contributed by atoms with Crippen molar-refractivity contribution in [1.82, 2.24) is 0 Å². The van der Waals surface area contributed by atoms with Gasteiger partial charge < -0.3 is 54.0 Å². The third kappa shape index (κ3) is 6.71. The highest BCUT2D eigenvalue weighted by molar-refractivity contribution is 5.83. The van der Waals surface area contributed by atoms with Crippen LogP contribution in [0.1, 0.15) is 120 Å². The van der Waals surface area contributed by atoms with E-state index in [0.29, 0.717) is 37.5 Å². The maximum atomic E-state index is 14.5. The Balaban J connectivity index is 1.13. The van der Waals surface area contributed by atoms with Crippen molar-refractivity contribution < 1.29 is 63.5 Å². The van der Waals surface area contributed by atoms with Crippen molar-refractivity contribution in [3.05, 3.63) is 11.6 Å². The van der Waals surface area contributed by atoms with Crippen LogP contribution >= 0.6 is 0 Å². The zero-order valence-electron chi connectivity index (χ0n) is 34.8. The first kappa shape index (κ1) is 42.4. The van der Waals surface area contributed by atoms with Gasteiger partial charge in [0.05, 0.1) is 24.2 Å². The zero-order chi connectivity index (χ0) is 40.9. The minimum atomic E-state index is -1.61. The quantitative estimate of drug-likeness (QED) is 0.167. The van der Waals surface area contributed by atoms with Gasteiger partial charge in [0.25, 0.3) is 0 Å². The average Bonchev–Trinajstić information content (AvgIpc) is 3.53. The van der Waals surface area contributed by atoms with Crippen LogP contribution in [0, 0.1) is 45.3 Å². The first-order valence-electron chi connectivity index (χ1n) is 21.2. The van der Waals surface area contributed by atoms with Crippen LogP contribution in [0.4, 0.5) is 0 Å². The third-order valence-corrected chi connectivity index (χ3v) is 15.9. The SMILES string of the molecule is CC(=O)OC(CC(C)C)CC1(C)OC(=O)C23CCC4C(=CCC5C(C)(C)CC(OC6OCC(O)C(O)C6OC6OC(C)C(O)C(O)C6O)CC45C)C2(C)CCC13. The van der Waals surface area contributed by atoms with Crippen LogP contribution < -0.4 is 0 Å². The van der Waals surface area contributed by atoms with Gasteiger partial charge in [-0.05, 0) is 93.8 Å². The predicted octanol–water partition coefficient (Wildman–Crippen LogP) is 3.93. The molecule has 3 heterocycles. The molecule has 0 bridgehead atoms. The molecule has 0 radical (unpaired) electrons. The molecule has 0 amide bonds. The second-order valence-corrected chi connectivity index (χ2v) is 20.4. The number of aliphatic hydroxyl groups is 5. The molecular weight excluding hydrogens is 724 g/mol. The Labute approximate surface area is 331 Å². The zero-order valence-corrected chi connectivity index (χ0v) is 34.8. The van der Waals surface area contributed by atoms with E-state index in [0.717, 1.165) is 32.1 Å². The van der Waals surface area contributed by atoms with Gasteiger partial charge in [-0.25, -0.2) is 0 Å². The van der Waals surface area contributed by atoms with E-state index >= 15 is 0 Å². The Morgan fingerprint density at radius 1 is 0.911 bits per heavy atom. The minimum absolute atomic E-state index is 0.00478. The molecule has 0 aromatic heterocycles. The minimum Gasteiger partial charge on any atom is -0.462 e. The molecule has 318 valence electrons. The van der Waals surface area contributed by atoms with Crippen LogP contribution in [0.3, 0.4) is 0 Å². The molecule has 3 saturated carbocycles. The summed E-state index contributed by atoms with van der Waals surface area (Å²) in [5, 5.41) is 53.1. The number of aliphatic hydroxyl groups excluding tert-OH is 5. The number of fused-ring (bicyclic) bond motifs is 4. The molecule has 7 aliphatic rings. The van der Waals surface area contributed by atoms with Crippen LogP contribution in [0.2, 0.25) is 0 Å². The number of rotatable bonds is 9. The van der Waals surface area contributed by atoms with Crippen LogP contribution in [0.15, 0.2) is 11.6 Å². The van der Waals surface area contributed by atoms with E-state index in [1.165, 1.54) is 12.5 Å². The fourth-order valence-corrected chi connectivity index (χ4v) is 13.5. The number of ether oxygens (including phenoxy) is 6. The van der Waals surface area contributed by atoms with Crippen molar-refractivity contribution in [2.24, 2.45) is 45.3 Å². The summed E-state index contributed by atoms with van der Waals surface area (Å²) in [5.41, 5.74) is -0.787. The summed E-state index contributed by atoms with van der Waals surface area (Å²) in [4.78, 5) is 26.6. The van der Waals surface area contributed by atoms with E-state index in [9.17, 15) is 35.1 Å². The van der Waals surface area contributed by atoms with E-state index < -0.39 is 71.7 Å². The van der Waals surface area contributed by atoms with Gasteiger partial charge in [-0.1, -0.05) is 53.2 Å². The van der Waals surface area contributed by atoms with Gasteiger partial charge in [0.15, 0.2) is 12.6 Å². The Morgan fingerprint density at radius 2 is 1.62 bits per heavy atom. The first-order valence-corrected chi connectivity index (χ1v) is 21.2. The smallest absolute Gasteiger partial charge is 0.313 e. The Morgan fingerprint density at radius 3 is 2.30 bits per heavy atom. The second-order valence-electron chi connectivity index (χ2n) is 20.4. The molecule has 3 aliphatic heterocycles. The van der Waals surface area contributed by atoms with Gasteiger partial charge in [-0.3, -0.25) is 9.59 Å². The van der Waals surface area contributed by atoms with Gasteiger partial charge >= 0.3 is 11.9 Å². The monoisotopic (exact) mass is 792 g/mol.